The van der Waals surface area contributed by atoms with Crippen molar-refractivity contribution in [1.29, 1.82) is 0 Å². The molecule has 0 atom stereocenters. The number of halogens is 6. The van der Waals surface area contributed by atoms with E-state index in [0.29, 0.717) is 68.0 Å². The highest BCUT2D eigenvalue weighted by molar-refractivity contribution is 14.2. The quantitative estimate of drug-likeness (QED) is 0.00937. The maximum atomic E-state index is 13.3. The fourth-order valence-electron chi connectivity index (χ4n) is 10.1. The number of anilines is 8. The molecule has 12 aromatic rings. The van der Waals surface area contributed by atoms with Gasteiger partial charge in [-0.1, -0.05) is 333 Å². The van der Waals surface area contributed by atoms with Gasteiger partial charge in [-0.2, -0.15) is 4.99 Å². The standard InChI is InChI=1S/C30H30N4O2.C23H24N2O.C15H13NO2.C8H7NO.C8H6O3.C7H9N.C4H7I3.C4H8I2.C4H9I/c1-20-8-15-25(16-9-20)32-30(36)34(26-17-10-21(2)22(3)18-26)19-23-11-13-24(14-12-23)29(35)33-28-7-5-4-6-27(28)31;1-16-8-13-21(14-18(16)3)24-15-19-9-11-20(12-10-19)23(26)25-22-7-5-4-6-17(22)2;1-11-4-2-3-5-14(11)16-15(18)13-8-6-12(10-17)7-9-13;1-7-2-4-8(5-3-7)9-6-10;9-5-6-1-3-7(4-2-6)8(10)11;1-6-4-2-3-5-7(6)8;1-4(2,7)3(5)6;1-4(2,6)3-5;1-4(2,3)5/h4-18H,19,31H2,1-3H3,(H,32,36)(H,33,35);4-14,24H,15H2,1-3H3,(H,25,26);2-10H,1H3,(H,16,18);2-5H,1H3;1-5H,(H,10,11);2-5H,8H2,1H3;3H,1-2H3;3H2,1-2H3;1-3H3. The average Bonchev–Trinajstić information content (AvgIpc) is 0.822. The molecule has 12 aromatic carbocycles. The van der Waals surface area contributed by atoms with Crippen LogP contribution in [0, 0.1) is 62.3 Å². The molecule has 18 nitrogen and oxygen atoms in total. The second-order valence-corrected chi connectivity index (χ2v) is 45.8. The second-order valence-electron chi connectivity index (χ2n) is 31.2. The first-order valence-corrected chi connectivity index (χ1v) is 47.5. The van der Waals surface area contributed by atoms with E-state index in [-0.39, 0.29) is 29.3 Å². The van der Waals surface area contributed by atoms with Crippen LogP contribution in [-0.2, 0) is 17.9 Å². The van der Waals surface area contributed by atoms with E-state index in [4.69, 9.17) is 16.6 Å². The number of nitrogen functional groups attached to an aromatic ring is 2. The van der Waals surface area contributed by atoms with Crippen LogP contribution in [0.3, 0.4) is 0 Å². The first kappa shape index (κ1) is 110. The lowest BCUT2D eigenvalue weighted by atomic mass is 10.1. The summed E-state index contributed by atoms with van der Waals surface area (Å²) >= 11 is 14.5. The van der Waals surface area contributed by atoms with Crippen molar-refractivity contribution >= 4 is 235 Å². The number of isocyanates is 1. The summed E-state index contributed by atoms with van der Waals surface area (Å²) in [5, 5.41) is 23.5. The number of hydrogen-bond donors (Lipinski definition) is 8. The third-order valence-corrected chi connectivity index (χ3v) is 27.8. The zero-order valence-corrected chi connectivity index (χ0v) is 87.4. The van der Waals surface area contributed by atoms with Crippen LogP contribution in [-0.4, -0.2) is 70.1 Å². The van der Waals surface area contributed by atoms with Crippen LogP contribution in [0.5, 0.6) is 0 Å². The van der Waals surface area contributed by atoms with Gasteiger partial charge in [0, 0.05) is 83.2 Å². The summed E-state index contributed by atoms with van der Waals surface area (Å²) in [5.41, 5.74) is 33.6. The number of nitrogens with zero attached hydrogens (tertiary/aromatic N) is 2. The van der Waals surface area contributed by atoms with E-state index < -0.39 is 5.97 Å². The van der Waals surface area contributed by atoms with Crippen molar-refractivity contribution in [2.45, 2.75) is 136 Å². The van der Waals surface area contributed by atoms with Crippen LogP contribution in [0.25, 0.3) is 0 Å². The summed E-state index contributed by atoms with van der Waals surface area (Å²) in [7, 11) is 0. The van der Waals surface area contributed by atoms with E-state index in [0.717, 1.165) is 99.0 Å². The number of para-hydroxylation sites is 5. The maximum Gasteiger partial charge on any atom is 0.335 e. The number of aryl methyl sites for hydroxylation is 9. The number of amides is 5. The van der Waals surface area contributed by atoms with E-state index in [1.807, 2.05) is 224 Å². The van der Waals surface area contributed by atoms with Crippen molar-refractivity contribution in [3.63, 3.8) is 0 Å². The van der Waals surface area contributed by atoms with Gasteiger partial charge in [-0.15, -0.1) is 0 Å². The lowest BCUT2D eigenvalue weighted by molar-refractivity contribution is 0.0695. The Morgan fingerprint density at radius 3 is 1.17 bits per heavy atom. The third-order valence-electron chi connectivity index (χ3n) is 18.0. The van der Waals surface area contributed by atoms with Crippen molar-refractivity contribution in [3.8, 4) is 0 Å². The van der Waals surface area contributed by atoms with Crippen LogP contribution in [0.2, 0.25) is 0 Å². The Morgan fingerprint density at radius 1 is 0.433 bits per heavy atom. The fourth-order valence-corrected chi connectivity index (χ4v) is 10.1. The molecule has 0 aliphatic heterocycles. The summed E-state index contributed by atoms with van der Waals surface area (Å²) in [6, 6.07) is 84.6. The topological polar surface area (TPSA) is 285 Å². The van der Waals surface area contributed by atoms with Gasteiger partial charge in [-0.05, 0) is 254 Å². The SMILES string of the molecule is CC(C)(C)I.CC(C)(I)C(I)I.CC(C)(I)CI.Cc1ccc(N=C=O)cc1.Cc1ccc(NC(=O)N(Cc2ccc(C(=O)Nc3ccccc3N)cc2)c2ccc(C)c(C)c2)cc1.Cc1ccc(NCc2ccc(C(=O)Nc3ccccc3C)cc2)cc1C.Cc1ccccc1N.Cc1ccccc1NC(=O)c1ccc(C=O)cc1.O=Cc1ccc(C(=O)O)cc1. The Hall–Kier alpha value is -9.71. The maximum absolute atomic E-state index is 13.3. The molecular weight excluding hydrogens is 2270 g/mol. The zero-order chi connectivity index (χ0) is 94.6. The molecule has 0 spiro atoms. The summed E-state index contributed by atoms with van der Waals surface area (Å²) in [6.45, 7) is 34.7. The number of nitrogens with two attached hydrogens (primary N) is 2. The third kappa shape index (κ3) is 44.2. The smallest absolute Gasteiger partial charge is 0.335 e. The molecular formula is C103H113I6N9O9. The van der Waals surface area contributed by atoms with Gasteiger partial charge in [0.1, 0.15) is 12.6 Å². The van der Waals surface area contributed by atoms with Crippen LogP contribution < -0.4 is 43.0 Å². The first-order chi connectivity index (χ1) is 59.9. The van der Waals surface area contributed by atoms with Crippen LogP contribution in [0.15, 0.2) is 284 Å². The number of aliphatic imine (C=N–C) groups is 1. The number of urea groups is 1. The lowest BCUT2D eigenvalue weighted by Gasteiger charge is -2.24. The van der Waals surface area contributed by atoms with Crippen LogP contribution >= 0.6 is 136 Å². The molecule has 666 valence electrons. The van der Waals surface area contributed by atoms with E-state index in [2.05, 4.69) is 248 Å². The Balaban J connectivity index is 0.000000325. The minimum Gasteiger partial charge on any atom is -0.478 e. The number of carbonyl (C=O) groups is 7. The predicted molar refractivity (Wildman–Crippen MR) is 581 cm³/mol. The molecule has 0 heterocycles. The van der Waals surface area contributed by atoms with Crippen LogP contribution in [0.1, 0.15) is 172 Å². The van der Waals surface area contributed by atoms with Crippen LogP contribution in [0.4, 0.5) is 56.0 Å². The van der Waals surface area contributed by atoms with Crippen molar-refractivity contribution in [1.82, 2.24) is 0 Å². The lowest BCUT2D eigenvalue weighted by Crippen LogP contribution is -2.34. The molecule has 24 heteroatoms. The van der Waals surface area contributed by atoms with E-state index in [1.54, 1.807) is 65.6 Å². The fraction of sp³-hybridized carbons (Fsp3) is 0.223. The Kier molecular flexibility index (Phi) is 48.8. The van der Waals surface area contributed by atoms with Gasteiger partial charge in [0.05, 0.1) is 31.1 Å². The normalized spacial score (nSPS) is 10.3. The molecule has 0 aliphatic rings. The van der Waals surface area contributed by atoms with E-state index in [9.17, 15) is 38.4 Å². The summed E-state index contributed by atoms with van der Waals surface area (Å²) in [4.78, 5) is 96.3. The first-order valence-electron chi connectivity index (χ1n) is 40.2. The van der Waals surface area contributed by atoms with Gasteiger partial charge in [-0.3, -0.25) is 28.9 Å². The number of carboxylic acid groups (broad SMARTS) is 1. The Bertz CT molecular complexity index is 5510. The predicted octanol–water partition coefficient (Wildman–Crippen LogP) is 28.2. The minimum atomic E-state index is -0.984. The van der Waals surface area contributed by atoms with Gasteiger partial charge < -0.3 is 43.2 Å². The molecule has 0 aliphatic carbocycles. The van der Waals surface area contributed by atoms with Crippen molar-refractivity contribution in [3.05, 3.63) is 374 Å². The summed E-state index contributed by atoms with van der Waals surface area (Å²) in [5.74, 6) is -1.50. The monoisotopic (exact) mass is 2380 g/mol. The number of aromatic carboxylic acids is 1. The molecule has 10 N–H and O–H groups in total. The van der Waals surface area contributed by atoms with Gasteiger partial charge in [0.25, 0.3) is 17.7 Å². The molecule has 0 saturated carbocycles. The molecule has 0 radical (unpaired) electrons. The molecule has 0 aromatic heterocycles. The number of alkyl halides is 6. The molecule has 0 unspecified atom stereocenters. The molecule has 0 bridgehead atoms. The summed E-state index contributed by atoms with van der Waals surface area (Å²) in [6.07, 6.45) is 2.90. The molecule has 12 rings (SSSR count). The van der Waals surface area contributed by atoms with E-state index >= 15 is 0 Å². The van der Waals surface area contributed by atoms with Crippen molar-refractivity contribution < 1.29 is 43.5 Å². The number of aldehydes is 2. The highest BCUT2D eigenvalue weighted by atomic mass is 127. The number of nitrogens with one attached hydrogen (secondary N) is 5. The Morgan fingerprint density at radius 2 is 0.795 bits per heavy atom. The zero-order valence-electron chi connectivity index (χ0n) is 74.4. The number of carboxylic acids is 1. The van der Waals surface area contributed by atoms with Gasteiger partial charge in [0.2, 0.25) is 6.08 Å². The molecule has 0 fully saturated rings. The van der Waals surface area contributed by atoms with Gasteiger partial charge in [0.15, 0.2) is 0 Å². The van der Waals surface area contributed by atoms with Crippen molar-refractivity contribution in [2.24, 2.45) is 4.99 Å². The highest BCUT2D eigenvalue weighted by Gasteiger charge is 2.21. The molecule has 5 amide bonds. The van der Waals surface area contributed by atoms with E-state index in [1.165, 1.54) is 45.9 Å². The number of benzene rings is 12. The van der Waals surface area contributed by atoms with Crippen molar-refractivity contribution in [2.75, 3.05) is 47.4 Å². The molecule has 127 heavy (non-hydrogen) atoms. The largest absolute Gasteiger partial charge is 0.478 e. The number of rotatable bonds is 19. The minimum absolute atomic E-state index is 0.0898. The number of carbonyl (C=O) groups excluding carboxylic acids is 7. The van der Waals surface area contributed by atoms with Gasteiger partial charge >= 0.3 is 12.0 Å². The summed E-state index contributed by atoms with van der Waals surface area (Å²) < 4.78 is 3.36. The second kappa shape index (κ2) is 56.6. The number of hydrogen-bond acceptors (Lipinski definition) is 12. The Labute approximate surface area is 831 Å². The average molecular weight is 2380 g/mol. The van der Waals surface area contributed by atoms with Gasteiger partial charge in [-0.25, -0.2) is 14.4 Å². The molecule has 0 saturated heterocycles. The highest BCUT2D eigenvalue weighted by Crippen LogP contribution is 2.33.